The lowest BCUT2D eigenvalue weighted by Crippen LogP contribution is -2.42. The summed E-state index contributed by atoms with van der Waals surface area (Å²) >= 11 is 0. The molecule has 126 valence electrons. The van der Waals surface area contributed by atoms with Gasteiger partial charge in [-0.25, -0.2) is 0 Å². The number of ether oxygens (including phenoxy) is 2. The highest BCUT2D eigenvalue weighted by Gasteiger charge is 2.38. The molecule has 0 amide bonds. The fourth-order valence-electron chi connectivity index (χ4n) is 3.68. The van der Waals surface area contributed by atoms with Crippen molar-refractivity contribution in [2.24, 2.45) is 11.0 Å². The second-order valence-corrected chi connectivity index (χ2v) is 6.18. The van der Waals surface area contributed by atoms with Gasteiger partial charge in [-0.1, -0.05) is 19.1 Å². The van der Waals surface area contributed by atoms with Crippen LogP contribution in [-0.4, -0.2) is 44.0 Å². The molecule has 1 saturated heterocycles. The van der Waals surface area contributed by atoms with Crippen LogP contribution < -0.4 is 14.9 Å². The van der Waals surface area contributed by atoms with Crippen LogP contribution in [0.4, 0.5) is 0 Å². The Hall–Kier alpha value is -1.75. The smallest absolute Gasteiger partial charge is 0.166 e. The molecular formula is C18H27N3O2. The van der Waals surface area contributed by atoms with Crippen LogP contribution in [0.3, 0.4) is 0 Å². The average molecular weight is 317 g/mol. The van der Waals surface area contributed by atoms with Crippen molar-refractivity contribution >= 4 is 5.71 Å². The molecule has 2 heterocycles. The molecule has 0 bridgehead atoms. The van der Waals surface area contributed by atoms with Gasteiger partial charge < -0.3 is 19.8 Å². The quantitative estimate of drug-likeness (QED) is 0.876. The van der Waals surface area contributed by atoms with E-state index in [9.17, 15) is 0 Å². The van der Waals surface area contributed by atoms with Crippen molar-refractivity contribution in [3.05, 3.63) is 23.8 Å². The first-order chi connectivity index (χ1) is 11.3. The topological polar surface area (TPSA) is 46.1 Å². The van der Waals surface area contributed by atoms with E-state index >= 15 is 0 Å². The minimum Gasteiger partial charge on any atom is -0.492 e. The van der Waals surface area contributed by atoms with Crippen LogP contribution in [0.2, 0.25) is 0 Å². The number of nitrogens with one attached hydrogen (secondary N) is 1. The predicted molar refractivity (Wildman–Crippen MR) is 92.3 cm³/mol. The molecule has 1 aromatic rings. The van der Waals surface area contributed by atoms with Gasteiger partial charge in [0, 0.05) is 36.7 Å². The fraction of sp³-hybridized carbons (Fsp3) is 0.611. The van der Waals surface area contributed by atoms with Crippen LogP contribution in [0.1, 0.15) is 38.3 Å². The molecule has 1 aromatic carbocycles. The van der Waals surface area contributed by atoms with Crippen LogP contribution in [0, 0.1) is 5.92 Å². The number of hydrogen-bond acceptors (Lipinski definition) is 5. The molecule has 2 unspecified atom stereocenters. The maximum atomic E-state index is 5.72. The summed E-state index contributed by atoms with van der Waals surface area (Å²) in [6.07, 6.45) is 2.25. The Balaban J connectivity index is 1.86. The Morgan fingerprint density at radius 2 is 2.22 bits per heavy atom. The van der Waals surface area contributed by atoms with E-state index in [1.807, 2.05) is 19.1 Å². The third-order valence-corrected chi connectivity index (χ3v) is 4.70. The largest absolute Gasteiger partial charge is 0.492 e. The summed E-state index contributed by atoms with van der Waals surface area (Å²) in [5, 5.41) is 4.60. The second kappa shape index (κ2) is 7.21. The van der Waals surface area contributed by atoms with Gasteiger partial charge >= 0.3 is 0 Å². The second-order valence-electron chi connectivity index (χ2n) is 6.18. The molecule has 2 aliphatic rings. The van der Waals surface area contributed by atoms with E-state index in [0.29, 0.717) is 12.5 Å². The van der Waals surface area contributed by atoms with Gasteiger partial charge in [-0.15, -0.1) is 0 Å². The van der Waals surface area contributed by atoms with Crippen molar-refractivity contribution in [1.29, 1.82) is 0 Å². The number of fused-ring (bicyclic) bond motifs is 1. The summed E-state index contributed by atoms with van der Waals surface area (Å²) in [5.74, 6) is 2.06. The van der Waals surface area contributed by atoms with E-state index in [0.717, 1.165) is 43.1 Å². The Morgan fingerprint density at radius 1 is 1.35 bits per heavy atom. The lowest BCUT2D eigenvalue weighted by atomic mass is 9.86. The normalized spacial score (nSPS) is 23.9. The van der Waals surface area contributed by atoms with Gasteiger partial charge in [0.2, 0.25) is 0 Å². The molecule has 0 spiro atoms. The fourth-order valence-corrected chi connectivity index (χ4v) is 3.68. The monoisotopic (exact) mass is 317 g/mol. The third-order valence-electron chi connectivity index (χ3n) is 4.70. The van der Waals surface area contributed by atoms with E-state index < -0.39 is 0 Å². The molecule has 0 saturated carbocycles. The Kier molecular flexibility index (Phi) is 5.06. The first-order valence-corrected chi connectivity index (χ1v) is 8.62. The van der Waals surface area contributed by atoms with Crippen molar-refractivity contribution in [3.63, 3.8) is 0 Å². The van der Waals surface area contributed by atoms with E-state index in [-0.39, 0.29) is 6.04 Å². The zero-order valence-corrected chi connectivity index (χ0v) is 14.3. The van der Waals surface area contributed by atoms with Gasteiger partial charge in [0.15, 0.2) is 11.5 Å². The molecule has 5 nitrogen and oxygen atoms in total. The number of nitrogens with zero attached hydrogens (tertiary/aromatic N) is 2. The van der Waals surface area contributed by atoms with Crippen molar-refractivity contribution in [2.75, 3.05) is 33.4 Å². The van der Waals surface area contributed by atoms with Crippen LogP contribution >= 0.6 is 0 Å². The van der Waals surface area contributed by atoms with E-state index in [2.05, 4.69) is 28.4 Å². The number of hydrazone groups is 1. The molecule has 23 heavy (non-hydrogen) atoms. The molecule has 0 aromatic heterocycles. The van der Waals surface area contributed by atoms with Gasteiger partial charge in [-0.3, -0.25) is 0 Å². The van der Waals surface area contributed by atoms with Gasteiger partial charge in [-0.05, 0) is 26.0 Å². The standard InChI is InChI=1S/C18H27N3O2/c1-4-10-21-11-9-15-14(12-21)17(20-19-15)13-7-6-8-16(23-5-2)18(13)22-3/h6-8,14,17,20H,4-5,9-12H2,1-3H3. The first kappa shape index (κ1) is 16.1. The lowest BCUT2D eigenvalue weighted by Gasteiger charge is -2.33. The third kappa shape index (κ3) is 3.15. The summed E-state index contributed by atoms with van der Waals surface area (Å²) < 4.78 is 11.4. The lowest BCUT2D eigenvalue weighted by molar-refractivity contribution is 0.226. The maximum Gasteiger partial charge on any atom is 0.166 e. The minimum absolute atomic E-state index is 0.167. The Morgan fingerprint density at radius 3 is 2.96 bits per heavy atom. The average Bonchev–Trinajstić information content (AvgIpc) is 2.98. The van der Waals surface area contributed by atoms with Crippen molar-refractivity contribution in [3.8, 4) is 11.5 Å². The minimum atomic E-state index is 0.167. The summed E-state index contributed by atoms with van der Waals surface area (Å²) in [5.41, 5.74) is 5.78. The van der Waals surface area contributed by atoms with Crippen molar-refractivity contribution in [1.82, 2.24) is 10.3 Å². The number of methoxy groups -OCH3 is 1. The number of rotatable bonds is 6. The summed E-state index contributed by atoms with van der Waals surface area (Å²) in [6.45, 7) is 8.20. The Bertz CT molecular complexity index is 573. The van der Waals surface area contributed by atoms with Crippen LogP contribution in [0.15, 0.2) is 23.3 Å². The van der Waals surface area contributed by atoms with Gasteiger partial charge in [0.25, 0.3) is 0 Å². The molecule has 0 aliphatic carbocycles. The molecular weight excluding hydrogens is 290 g/mol. The molecule has 3 rings (SSSR count). The summed E-state index contributed by atoms with van der Waals surface area (Å²) in [4.78, 5) is 2.54. The number of likely N-dealkylation sites (tertiary alicyclic amines) is 1. The van der Waals surface area contributed by atoms with E-state index in [1.165, 1.54) is 12.1 Å². The summed E-state index contributed by atoms with van der Waals surface area (Å²) in [6, 6.07) is 6.29. The van der Waals surface area contributed by atoms with Gasteiger partial charge in [-0.2, -0.15) is 5.10 Å². The molecule has 2 aliphatic heterocycles. The predicted octanol–water partition coefficient (Wildman–Crippen LogP) is 2.83. The zero-order chi connectivity index (χ0) is 16.2. The number of hydrogen-bond donors (Lipinski definition) is 1. The number of para-hydroxylation sites is 1. The molecule has 1 fully saturated rings. The highest BCUT2D eigenvalue weighted by molar-refractivity contribution is 5.90. The van der Waals surface area contributed by atoms with E-state index in [4.69, 9.17) is 9.47 Å². The maximum absolute atomic E-state index is 5.72. The van der Waals surface area contributed by atoms with Gasteiger partial charge in [0.1, 0.15) is 0 Å². The SMILES string of the molecule is CCCN1CCC2=NNC(c3cccc(OCC)c3OC)C2C1. The number of piperidine rings is 1. The zero-order valence-electron chi connectivity index (χ0n) is 14.3. The molecule has 1 N–H and O–H groups in total. The molecule has 0 radical (unpaired) electrons. The van der Waals surface area contributed by atoms with Crippen LogP contribution in [0.5, 0.6) is 11.5 Å². The van der Waals surface area contributed by atoms with E-state index in [1.54, 1.807) is 7.11 Å². The van der Waals surface area contributed by atoms with Crippen molar-refractivity contribution in [2.45, 2.75) is 32.7 Å². The Labute approximate surface area is 138 Å². The van der Waals surface area contributed by atoms with Crippen LogP contribution in [0.25, 0.3) is 0 Å². The molecule has 5 heteroatoms. The highest BCUT2D eigenvalue weighted by Crippen LogP contribution is 2.41. The van der Waals surface area contributed by atoms with Crippen LogP contribution in [-0.2, 0) is 0 Å². The van der Waals surface area contributed by atoms with Gasteiger partial charge in [0.05, 0.1) is 19.8 Å². The summed E-state index contributed by atoms with van der Waals surface area (Å²) in [7, 11) is 1.71. The molecule has 2 atom stereocenters. The number of benzene rings is 1. The first-order valence-electron chi connectivity index (χ1n) is 8.62. The highest BCUT2D eigenvalue weighted by atomic mass is 16.5. The van der Waals surface area contributed by atoms with Crippen molar-refractivity contribution < 1.29 is 9.47 Å².